The van der Waals surface area contributed by atoms with Gasteiger partial charge in [0.05, 0.1) is 15.2 Å². The molecule has 3 aromatic heterocycles. The predicted octanol–water partition coefficient (Wildman–Crippen LogP) is 4.72. The summed E-state index contributed by atoms with van der Waals surface area (Å²) in [6, 6.07) is 7.66. The van der Waals surface area contributed by atoms with Gasteiger partial charge in [0.1, 0.15) is 11.3 Å². The second-order valence-corrected chi connectivity index (χ2v) is 8.32. The second-order valence-electron chi connectivity index (χ2n) is 5.86. The SMILES string of the molecule is CCCN(Cc1nc2cccnc2n1CCC)C(=O)c1ccc(Br)s1. The number of carbonyl (C=O) groups excluding carboxylic acids is 1. The summed E-state index contributed by atoms with van der Waals surface area (Å²) in [6.45, 7) is 6.27. The lowest BCUT2D eigenvalue weighted by Gasteiger charge is -2.21. The largest absolute Gasteiger partial charge is 0.330 e. The zero-order chi connectivity index (χ0) is 17.8. The quantitative estimate of drug-likeness (QED) is 0.555. The highest BCUT2D eigenvalue weighted by Crippen LogP contribution is 2.24. The van der Waals surface area contributed by atoms with Crippen LogP contribution in [0.5, 0.6) is 0 Å². The van der Waals surface area contributed by atoms with Crippen molar-refractivity contribution in [1.82, 2.24) is 19.4 Å². The molecule has 0 radical (unpaired) electrons. The van der Waals surface area contributed by atoms with E-state index in [0.29, 0.717) is 13.1 Å². The van der Waals surface area contributed by atoms with Gasteiger partial charge in [-0.15, -0.1) is 11.3 Å². The Hall–Kier alpha value is -1.73. The first-order valence-electron chi connectivity index (χ1n) is 8.48. The molecule has 0 saturated heterocycles. The van der Waals surface area contributed by atoms with Crippen molar-refractivity contribution in [2.45, 2.75) is 39.8 Å². The number of fused-ring (bicyclic) bond motifs is 1. The van der Waals surface area contributed by atoms with Crippen LogP contribution in [0.2, 0.25) is 0 Å². The van der Waals surface area contributed by atoms with Gasteiger partial charge in [-0.05, 0) is 53.0 Å². The van der Waals surface area contributed by atoms with E-state index in [2.05, 4.69) is 39.3 Å². The molecule has 0 aliphatic rings. The van der Waals surface area contributed by atoms with Crippen LogP contribution in [0.25, 0.3) is 11.2 Å². The smallest absolute Gasteiger partial charge is 0.264 e. The molecule has 0 aliphatic carbocycles. The summed E-state index contributed by atoms with van der Waals surface area (Å²) in [4.78, 5) is 24.7. The Morgan fingerprint density at radius 3 is 2.80 bits per heavy atom. The first kappa shape index (κ1) is 18.1. The van der Waals surface area contributed by atoms with Gasteiger partial charge < -0.3 is 9.47 Å². The van der Waals surface area contributed by atoms with Gasteiger partial charge in [-0.2, -0.15) is 0 Å². The average Bonchev–Trinajstić information content (AvgIpc) is 3.19. The summed E-state index contributed by atoms with van der Waals surface area (Å²) >= 11 is 4.90. The molecule has 1 amide bonds. The van der Waals surface area contributed by atoms with Crippen molar-refractivity contribution in [3.63, 3.8) is 0 Å². The van der Waals surface area contributed by atoms with Crippen LogP contribution in [0.3, 0.4) is 0 Å². The van der Waals surface area contributed by atoms with Gasteiger partial charge in [-0.25, -0.2) is 9.97 Å². The molecule has 132 valence electrons. The Morgan fingerprint density at radius 2 is 2.12 bits per heavy atom. The second kappa shape index (κ2) is 8.10. The minimum atomic E-state index is 0.0561. The van der Waals surface area contributed by atoms with E-state index in [1.165, 1.54) is 11.3 Å². The molecule has 5 nitrogen and oxygen atoms in total. The molecule has 3 heterocycles. The molecule has 0 spiro atoms. The molecule has 3 rings (SSSR count). The Bertz CT molecular complexity index is 873. The number of aryl methyl sites for hydroxylation is 1. The zero-order valence-electron chi connectivity index (χ0n) is 14.4. The van der Waals surface area contributed by atoms with E-state index in [4.69, 9.17) is 4.98 Å². The first-order valence-corrected chi connectivity index (χ1v) is 10.1. The van der Waals surface area contributed by atoms with Gasteiger partial charge in [0, 0.05) is 19.3 Å². The van der Waals surface area contributed by atoms with Crippen molar-refractivity contribution < 1.29 is 4.79 Å². The van der Waals surface area contributed by atoms with Crippen molar-refractivity contribution in [3.05, 3.63) is 45.0 Å². The normalized spacial score (nSPS) is 11.2. The lowest BCUT2D eigenvalue weighted by Crippen LogP contribution is -2.32. The molecular weight excluding hydrogens is 400 g/mol. The maximum atomic E-state index is 12.9. The van der Waals surface area contributed by atoms with Gasteiger partial charge in [-0.3, -0.25) is 4.79 Å². The minimum Gasteiger partial charge on any atom is -0.330 e. The van der Waals surface area contributed by atoms with Gasteiger partial charge >= 0.3 is 0 Å². The maximum absolute atomic E-state index is 12.9. The summed E-state index contributed by atoms with van der Waals surface area (Å²) in [5.41, 5.74) is 1.77. The molecular formula is C18H21BrN4OS. The standard InChI is InChI=1S/C18H21BrN4OS/c1-3-10-22(18(24)14-7-8-15(19)25-14)12-16-21-13-6-5-9-20-17(13)23(16)11-4-2/h5-9H,3-4,10-12H2,1-2H3. The fourth-order valence-electron chi connectivity index (χ4n) is 2.86. The Kier molecular flexibility index (Phi) is 5.86. The average molecular weight is 421 g/mol. The molecule has 0 unspecified atom stereocenters. The number of nitrogens with zero attached hydrogens (tertiary/aromatic N) is 4. The first-order chi connectivity index (χ1) is 12.1. The van der Waals surface area contributed by atoms with Crippen LogP contribution in [0.15, 0.2) is 34.2 Å². The molecule has 0 bridgehead atoms. The minimum absolute atomic E-state index is 0.0561. The van der Waals surface area contributed by atoms with Gasteiger partial charge in [0.15, 0.2) is 5.65 Å². The van der Waals surface area contributed by atoms with Crippen LogP contribution >= 0.6 is 27.3 Å². The summed E-state index contributed by atoms with van der Waals surface area (Å²) in [6.07, 6.45) is 3.69. The van der Waals surface area contributed by atoms with E-state index in [1.807, 2.05) is 29.2 Å². The Labute approximate surface area is 159 Å². The van der Waals surface area contributed by atoms with E-state index in [1.54, 1.807) is 6.20 Å². The number of pyridine rings is 1. The molecule has 0 aromatic carbocycles. The number of amides is 1. The highest BCUT2D eigenvalue weighted by molar-refractivity contribution is 9.11. The molecule has 0 fully saturated rings. The summed E-state index contributed by atoms with van der Waals surface area (Å²) in [5, 5.41) is 0. The van der Waals surface area contributed by atoms with E-state index in [9.17, 15) is 4.79 Å². The predicted molar refractivity (Wildman–Crippen MR) is 105 cm³/mol. The number of imidazole rings is 1. The number of rotatable bonds is 7. The van der Waals surface area contributed by atoms with E-state index < -0.39 is 0 Å². The number of hydrogen-bond acceptors (Lipinski definition) is 4. The molecule has 0 aliphatic heterocycles. The third-order valence-corrected chi connectivity index (χ3v) is 5.54. The van der Waals surface area contributed by atoms with Crippen LogP contribution in [-0.4, -0.2) is 31.9 Å². The van der Waals surface area contributed by atoms with Crippen LogP contribution < -0.4 is 0 Å². The van der Waals surface area contributed by atoms with Crippen LogP contribution in [0.4, 0.5) is 0 Å². The fourth-order valence-corrected chi connectivity index (χ4v) is 4.22. The van der Waals surface area contributed by atoms with Crippen molar-refractivity contribution in [1.29, 1.82) is 0 Å². The van der Waals surface area contributed by atoms with Crippen LogP contribution in [0, 0.1) is 0 Å². The van der Waals surface area contributed by atoms with Gasteiger partial charge in [0.25, 0.3) is 5.91 Å². The third-order valence-electron chi connectivity index (χ3n) is 3.93. The molecule has 0 atom stereocenters. The number of aromatic nitrogens is 3. The summed E-state index contributed by atoms with van der Waals surface area (Å²) < 4.78 is 3.10. The molecule has 0 N–H and O–H groups in total. The Balaban J connectivity index is 1.93. The van der Waals surface area contributed by atoms with Crippen LogP contribution in [-0.2, 0) is 13.1 Å². The molecule has 7 heteroatoms. The Morgan fingerprint density at radius 1 is 1.28 bits per heavy atom. The topological polar surface area (TPSA) is 51.0 Å². The van der Waals surface area contributed by atoms with E-state index in [0.717, 1.165) is 45.0 Å². The van der Waals surface area contributed by atoms with Gasteiger partial charge in [-0.1, -0.05) is 13.8 Å². The monoisotopic (exact) mass is 420 g/mol. The number of carbonyl (C=O) groups is 1. The highest BCUT2D eigenvalue weighted by atomic mass is 79.9. The molecule has 0 saturated carbocycles. The lowest BCUT2D eigenvalue weighted by atomic mass is 10.3. The number of thiophene rings is 1. The lowest BCUT2D eigenvalue weighted by molar-refractivity contribution is 0.0742. The van der Waals surface area contributed by atoms with Gasteiger partial charge in [0.2, 0.25) is 0 Å². The number of halogens is 1. The van der Waals surface area contributed by atoms with E-state index >= 15 is 0 Å². The van der Waals surface area contributed by atoms with Crippen molar-refractivity contribution >= 4 is 44.3 Å². The third kappa shape index (κ3) is 3.93. The molecule has 3 aromatic rings. The molecule has 25 heavy (non-hydrogen) atoms. The fraction of sp³-hybridized carbons (Fsp3) is 0.389. The number of hydrogen-bond donors (Lipinski definition) is 0. The van der Waals surface area contributed by atoms with Crippen LogP contribution in [0.1, 0.15) is 42.2 Å². The summed E-state index contributed by atoms with van der Waals surface area (Å²) in [7, 11) is 0. The van der Waals surface area contributed by atoms with Crippen molar-refractivity contribution in [2.75, 3.05) is 6.54 Å². The van der Waals surface area contributed by atoms with E-state index in [-0.39, 0.29) is 5.91 Å². The summed E-state index contributed by atoms with van der Waals surface area (Å²) in [5.74, 6) is 0.952. The maximum Gasteiger partial charge on any atom is 0.264 e. The highest BCUT2D eigenvalue weighted by Gasteiger charge is 2.20. The zero-order valence-corrected chi connectivity index (χ0v) is 16.8. The van der Waals surface area contributed by atoms with Crippen molar-refractivity contribution in [3.8, 4) is 0 Å². The van der Waals surface area contributed by atoms with Crippen molar-refractivity contribution in [2.24, 2.45) is 0 Å².